The predicted octanol–water partition coefficient (Wildman–Crippen LogP) is 0.946. The third-order valence-corrected chi connectivity index (χ3v) is 3.37. The van der Waals surface area contributed by atoms with Crippen molar-refractivity contribution in [1.29, 1.82) is 0 Å². The van der Waals surface area contributed by atoms with E-state index in [0.29, 0.717) is 11.6 Å². The van der Waals surface area contributed by atoms with Crippen LogP contribution in [0.4, 0.5) is 13.2 Å². The quantitative estimate of drug-likeness (QED) is 0.644. The Hall–Kier alpha value is -1.75. The number of nitrogens with zero attached hydrogens (tertiary/aromatic N) is 1. The van der Waals surface area contributed by atoms with E-state index in [9.17, 15) is 26.7 Å². The van der Waals surface area contributed by atoms with Crippen LogP contribution in [-0.2, 0) is 31.0 Å². The molecule has 0 amide bonds. The zero-order valence-electron chi connectivity index (χ0n) is 11.2. The van der Waals surface area contributed by atoms with Crippen LogP contribution >= 0.6 is 0 Å². The molecule has 1 heterocycles. The molecule has 0 radical (unpaired) electrons. The Morgan fingerprint density at radius 1 is 1.32 bits per heavy atom. The molecule has 0 saturated heterocycles. The second-order valence-corrected chi connectivity index (χ2v) is 5.17. The van der Waals surface area contributed by atoms with E-state index < -0.39 is 28.6 Å². The molecule has 0 spiro atoms. The summed E-state index contributed by atoms with van der Waals surface area (Å²) in [5, 5.41) is 0.152. The number of hydrogen-bond donors (Lipinski definition) is 2. The first kappa shape index (κ1) is 16.6. The maximum Gasteiger partial charge on any atom is 0.431 e. The molecule has 0 aliphatic heterocycles. The minimum atomic E-state index is -4.64. The average molecular weight is 334 g/mol. The number of pyridine rings is 1. The Kier molecular flexibility index (Phi) is 4.66. The van der Waals surface area contributed by atoms with E-state index in [-0.39, 0.29) is 17.4 Å². The van der Waals surface area contributed by atoms with E-state index in [4.69, 9.17) is 0 Å². The van der Waals surface area contributed by atoms with Crippen LogP contribution in [0, 0.1) is 0 Å². The van der Waals surface area contributed by atoms with Gasteiger partial charge in [0.15, 0.2) is 5.43 Å². The number of aromatic nitrogens is 1. The fraction of sp³-hybridized carbons (Fsp3) is 0.250. The first-order valence-corrected chi connectivity index (χ1v) is 7.05. The number of nitrogens with one attached hydrogen (secondary N) is 2. The molecule has 0 fully saturated rings. The molecule has 6 nitrogen and oxygen atoms in total. The van der Waals surface area contributed by atoms with Gasteiger partial charge in [-0.05, 0) is 17.7 Å². The van der Waals surface area contributed by atoms with E-state index in [0.717, 1.165) is 4.57 Å². The van der Waals surface area contributed by atoms with Gasteiger partial charge < -0.3 is 9.12 Å². The second kappa shape index (κ2) is 6.16. The van der Waals surface area contributed by atoms with Crippen molar-refractivity contribution in [3.63, 3.8) is 0 Å². The van der Waals surface area contributed by atoms with Crippen molar-refractivity contribution >= 4 is 22.2 Å². The van der Waals surface area contributed by atoms with Crippen molar-refractivity contribution < 1.29 is 21.9 Å². The number of halogens is 3. The Bertz CT molecular complexity index is 789. The fourth-order valence-electron chi connectivity index (χ4n) is 2.07. The minimum absolute atomic E-state index is 0.0500. The zero-order valence-corrected chi connectivity index (χ0v) is 12.0. The third-order valence-electron chi connectivity index (χ3n) is 3.06. The van der Waals surface area contributed by atoms with Crippen molar-refractivity contribution in [2.75, 3.05) is 0 Å². The summed E-state index contributed by atoms with van der Waals surface area (Å²) in [6, 6.07) is 4.89. The van der Waals surface area contributed by atoms with Crippen LogP contribution < -0.4 is 15.7 Å². The minimum Gasteiger partial charge on any atom is -0.759 e. The maximum absolute atomic E-state index is 12.9. The van der Waals surface area contributed by atoms with Gasteiger partial charge in [-0.1, -0.05) is 6.07 Å². The van der Waals surface area contributed by atoms with Gasteiger partial charge in [0.05, 0.1) is 5.52 Å². The molecule has 1 atom stereocenters. The predicted molar refractivity (Wildman–Crippen MR) is 73.1 cm³/mol. The van der Waals surface area contributed by atoms with Gasteiger partial charge >= 0.3 is 6.18 Å². The highest BCUT2D eigenvalue weighted by molar-refractivity contribution is 7.76. The lowest BCUT2D eigenvalue weighted by molar-refractivity contribution is -0.143. The molecule has 120 valence electrons. The Morgan fingerprint density at radius 3 is 2.59 bits per heavy atom. The second-order valence-electron chi connectivity index (χ2n) is 4.49. The van der Waals surface area contributed by atoms with Gasteiger partial charge in [0.1, 0.15) is 5.69 Å². The molecule has 1 aromatic heterocycles. The number of aryl methyl sites for hydroxylation is 1. The molecule has 2 rings (SSSR count). The molecule has 2 N–H and O–H groups in total. The smallest absolute Gasteiger partial charge is 0.431 e. The summed E-state index contributed by atoms with van der Waals surface area (Å²) in [5.41, 5.74) is 1.23. The van der Waals surface area contributed by atoms with E-state index in [1.807, 2.05) is 4.83 Å². The first-order chi connectivity index (χ1) is 10.2. The number of benzene rings is 1. The number of fused-ring (bicyclic) bond motifs is 1. The number of hydrogen-bond acceptors (Lipinski definition) is 4. The molecule has 10 heteroatoms. The molecular formula is C12H11F3N3O3S-. The topological polar surface area (TPSA) is 86.2 Å². The Labute approximate surface area is 125 Å². The van der Waals surface area contributed by atoms with Crippen LogP contribution in [0.15, 0.2) is 29.1 Å². The highest BCUT2D eigenvalue weighted by Crippen LogP contribution is 2.29. The highest BCUT2D eigenvalue weighted by atomic mass is 32.2. The maximum atomic E-state index is 12.9. The van der Waals surface area contributed by atoms with Crippen LogP contribution in [0.1, 0.15) is 11.3 Å². The molecule has 0 aliphatic rings. The summed E-state index contributed by atoms with van der Waals surface area (Å²) in [7, 11) is 1.22. The van der Waals surface area contributed by atoms with Crippen molar-refractivity contribution in [1.82, 2.24) is 14.8 Å². The zero-order chi connectivity index (χ0) is 16.5. The van der Waals surface area contributed by atoms with Gasteiger partial charge in [-0.3, -0.25) is 9.00 Å². The van der Waals surface area contributed by atoms with Crippen LogP contribution in [0.25, 0.3) is 10.9 Å². The highest BCUT2D eigenvalue weighted by Gasteiger charge is 2.34. The standard InChI is InChI=1S/C12H12F3N3O3S/c1-18-9-4-7(6-16-17-22(20)21)2-3-8(9)10(19)5-11(18)12(13,14)15/h2-5,16-17H,6H2,1H3,(H,20,21)/p-1. The molecule has 0 saturated carbocycles. The molecular weight excluding hydrogens is 323 g/mol. The van der Waals surface area contributed by atoms with Crippen molar-refractivity contribution in [2.45, 2.75) is 12.7 Å². The molecule has 0 bridgehead atoms. The van der Waals surface area contributed by atoms with Crippen LogP contribution in [-0.4, -0.2) is 13.3 Å². The molecule has 1 aromatic carbocycles. The summed E-state index contributed by atoms with van der Waals surface area (Å²) in [4.78, 5) is 13.7. The third kappa shape index (κ3) is 3.53. The van der Waals surface area contributed by atoms with E-state index >= 15 is 0 Å². The summed E-state index contributed by atoms with van der Waals surface area (Å²) < 4.78 is 60.2. The van der Waals surface area contributed by atoms with Crippen LogP contribution in [0.3, 0.4) is 0 Å². The van der Waals surface area contributed by atoms with E-state index in [1.165, 1.54) is 25.2 Å². The molecule has 2 aromatic rings. The van der Waals surface area contributed by atoms with Crippen molar-refractivity contribution in [2.24, 2.45) is 7.05 Å². The number of rotatable bonds is 4. The SMILES string of the molecule is Cn1c(C(F)(F)F)cc(=O)c2ccc(CNNS(=O)[O-])cc21. The first-order valence-electron chi connectivity index (χ1n) is 5.98. The normalized spacial score (nSPS) is 13.5. The monoisotopic (exact) mass is 334 g/mol. The van der Waals surface area contributed by atoms with Gasteiger partial charge in [0.2, 0.25) is 0 Å². The average Bonchev–Trinajstić information content (AvgIpc) is 2.41. The lowest BCUT2D eigenvalue weighted by Crippen LogP contribution is -2.32. The summed E-state index contributed by atoms with van der Waals surface area (Å²) in [6.45, 7) is 0.0500. The lowest BCUT2D eigenvalue weighted by atomic mass is 10.1. The Morgan fingerprint density at radius 2 is 2.00 bits per heavy atom. The largest absolute Gasteiger partial charge is 0.759 e. The van der Waals surface area contributed by atoms with Gasteiger partial charge in [0.25, 0.3) is 0 Å². The van der Waals surface area contributed by atoms with Gasteiger partial charge in [0, 0.05) is 36.3 Å². The van der Waals surface area contributed by atoms with E-state index in [2.05, 4.69) is 5.43 Å². The van der Waals surface area contributed by atoms with Gasteiger partial charge in [-0.2, -0.15) is 18.0 Å². The van der Waals surface area contributed by atoms with Crippen LogP contribution in [0.2, 0.25) is 0 Å². The number of alkyl halides is 3. The molecule has 22 heavy (non-hydrogen) atoms. The lowest BCUT2D eigenvalue weighted by Gasteiger charge is -2.15. The number of hydrazine groups is 1. The van der Waals surface area contributed by atoms with Crippen LogP contribution in [0.5, 0.6) is 0 Å². The van der Waals surface area contributed by atoms with Crippen molar-refractivity contribution in [3.05, 3.63) is 45.7 Å². The molecule has 1 unspecified atom stereocenters. The fourth-order valence-corrected chi connectivity index (χ4v) is 2.26. The van der Waals surface area contributed by atoms with Crippen molar-refractivity contribution in [3.8, 4) is 0 Å². The summed E-state index contributed by atoms with van der Waals surface area (Å²) >= 11 is -2.50. The summed E-state index contributed by atoms with van der Waals surface area (Å²) in [6.07, 6.45) is -4.64. The summed E-state index contributed by atoms with van der Waals surface area (Å²) in [5.74, 6) is 0. The molecule has 0 aliphatic carbocycles. The van der Waals surface area contributed by atoms with E-state index in [1.54, 1.807) is 0 Å². The van der Waals surface area contributed by atoms with Gasteiger partial charge in [-0.25, -0.2) is 5.43 Å². The van der Waals surface area contributed by atoms with Gasteiger partial charge in [-0.15, -0.1) is 0 Å². The Balaban J connectivity index is 2.48.